The molecule has 0 radical (unpaired) electrons. The molecule has 1 aliphatic heterocycles. The number of likely N-dealkylation sites (tertiary alicyclic amines) is 1. The molecule has 3 rings (SSSR count). The molecular weight excluding hydrogens is 305 g/mol. The first kappa shape index (κ1) is 16.7. The molecule has 2 aromatic rings. The minimum absolute atomic E-state index is 0.162. The minimum Gasteiger partial charge on any atom is -0.342 e. The summed E-state index contributed by atoms with van der Waals surface area (Å²) in [6.07, 6.45) is 2.06. The molecule has 1 fully saturated rings. The van der Waals surface area contributed by atoms with E-state index in [0.29, 0.717) is 19.4 Å². The summed E-state index contributed by atoms with van der Waals surface area (Å²) >= 11 is 0. The molecule has 24 heavy (non-hydrogen) atoms. The van der Waals surface area contributed by atoms with Gasteiger partial charge in [-0.3, -0.25) is 9.89 Å². The second-order valence-corrected chi connectivity index (χ2v) is 7.05. The lowest BCUT2D eigenvalue weighted by Crippen LogP contribution is -2.33. The van der Waals surface area contributed by atoms with Gasteiger partial charge in [0.1, 0.15) is 5.82 Å². The number of aromatic amines is 1. The monoisotopic (exact) mass is 329 g/mol. The maximum atomic E-state index is 13.5. The molecular formula is C19H24FN3O. The number of aromatic nitrogens is 2. The number of amides is 1. The van der Waals surface area contributed by atoms with Crippen molar-refractivity contribution in [2.75, 3.05) is 13.1 Å². The first-order valence-corrected chi connectivity index (χ1v) is 8.43. The van der Waals surface area contributed by atoms with Gasteiger partial charge in [0.2, 0.25) is 5.91 Å². The van der Waals surface area contributed by atoms with Gasteiger partial charge in [-0.25, -0.2) is 4.39 Å². The fourth-order valence-electron chi connectivity index (χ4n) is 3.61. The van der Waals surface area contributed by atoms with Gasteiger partial charge >= 0.3 is 0 Å². The molecule has 1 amide bonds. The lowest BCUT2D eigenvalue weighted by molar-refractivity contribution is -0.130. The Hall–Kier alpha value is -2.17. The molecule has 1 N–H and O–H groups in total. The molecule has 0 bridgehead atoms. The second-order valence-electron chi connectivity index (χ2n) is 7.05. The van der Waals surface area contributed by atoms with E-state index in [4.69, 9.17) is 0 Å². The number of hydrogen-bond acceptors (Lipinski definition) is 2. The molecule has 5 heteroatoms. The summed E-state index contributed by atoms with van der Waals surface area (Å²) in [4.78, 5) is 14.5. The zero-order valence-corrected chi connectivity index (χ0v) is 14.5. The van der Waals surface area contributed by atoms with Crippen LogP contribution in [0.4, 0.5) is 4.39 Å². The third kappa shape index (κ3) is 3.21. The van der Waals surface area contributed by atoms with Gasteiger partial charge in [-0.2, -0.15) is 5.10 Å². The molecule has 128 valence electrons. The Morgan fingerprint density at radius 2 is 2.21 bits per heavy atom. The van der Waals surface area contributed by atoms with Crippen molar-refractivity contribution in [3.05, 3.63) is 52.6 Å². The Kier molecular flexibility index (Phi) is 4.43. The van der Waals surface area contributed by atoms with Crippen LogP contribution in [-0.2, 0) is 16.6 Å². The van der Waals surface area contributed by atoms with Gasteiger partial charge in [-0.15, -0.1) is 0 Å². The standard InChI is InChI=1S/C19H24FN3O/c1-13-17(14(2)22-21-13)7-8-18(24)23-10-9-19(3,12-23)15-5-4-6-16(20)11-15/h4-6,11H,7-10,12H2,1-3H3,(H,21,22). The lowest BCUT2D eigenvalue weighted by atomic mass is 9.82. The van der Waals surface area contributed by atoms with Crippen LogP contribution in [0.5, 0.6) is 0 Å². The van der Waals surface area contributed by atoms with E-state index in [-0.39, 0.29) is 17.1 Å². The van der Waals surface area contributed by atoms with Gasteiger partial charge in [0.25, 0.3) is 0 Å². The van der Waals surface area contributed by atoms with Gasteiger partial charge in [0.05, 0.1) is 5.69 Å². The first-order chi connectivity index (χ1) is 11.4. The SMILES string of the molecule is Cc1n[nH]c(C)c1CCC(=O)N1CCC(C)(c2cccc(F)c2)C1. The van der Waals surface area contributed by atoms with Crippen LogP contribution in [0.25, 0.3) is 0 Å². The maximum absolute atomic E-state index is 13.5. The van der Waals surface area contributed by atoms with E-state index in [0.717, 1.165) is 35.5 Å². The van der Waals surface area contributed by atoms with Crippen molar-refractivity contribution >= 4 is 5.91 Å². The van der Waals surface area contributed by atoms with E-state index in [2.05, 4.69) is 17.1 Å². The van der Waals surface area contributed by atoms with Gasteiger partial charge in [0, 0.05) is 30.6 Å². The molecule has 4 nitrogen and oxygen atoms in total. The van der Waals surface area contributed by atoms with E-state index >= 15 is 0 Å². The second kappa shape index (κ2) is 6.38. The number of H-pyrrole nitrogens is 1. The molecule has 1 atom stereocenters. The number of carbonyl (C=O) groups excluding carboxylic acids is 1. The van der Waals surface area contributed by atoms with Crippen LogP contribution in [-0.4, -0.2) is 34.1 Å². The van der Waals surface area contributed by atoms with Crippen LogP contribution in [0, 0.1) is 19.7 Å². The molecule has 0 spiro atoms. The highest BCUT2D eigenvalue weighted by atomic mass is 19.1. The summed E-state index contributed by atoms with van der Waals surface area (Å²) in [6, 6.07) is 6.74. The van der Waals surface area contributed by atoms with Gasteiger partial charge in [0.15, 0.2) is 0 Å². The van der Waals surface area contributed by atoms with E-state index in [9.17, 15) is 9.18 Å². The van der Waals surface area contributed by atoms with Crippen LogP contribution in [0.3, 0.4) is 0 Å². The zero-order valence-electron chi connectivity index (χ0n) is 14.5. The Morgan fingerprint density at radius 3 is 2.88 bits per heavy atom. The quantitative estimate of drug-likeness (QED) is 0.936. The number of aryl methyl sites for hydroxylation is 2. The third-order valence-electron chi connectivity index (χ3n) is 5.22. The van der Waals surface area contributed by atoms with Crippen molar-refractivity contribution in [3.8, 4) is 0 Å². The van der Waals surface area contributed by atoms with Crippen molar-refractivity contribution in [1.82, 2.24) is 15.1 Å². The number of rotatable bonds is 4. The highest BCUT2D eigenvalue weighted by Gasteiger charge is 2.37. The molecule has 1 unspecified atom stereocenters. The highest BCUT2D eigenvalue weighted by Crippen LogP contribution is 2.34. The van der Waals surface area contributed by atoms with E-state index in [1.807, 2.05) is 24.8 Å². The first-order valence-electron chi connectivity index (χ1n) is 8.43. The maximum Gasteiger partial charge on any atom is 0.222 e. The fraction of sp³-hybridized carbons (Fsp3) is 0.474. The summed E-state index contributed by atoms with van der Waals surface area (Å²) in [7, 11) is 0. The van der Waals surface area contributed by atoms with Gasteiger partial charge in [-0.1, -0.05) is 19.1 Å². The number of carbonyl (C=O) groups is 1. The predicted molar refractivity (Wildman–Crippen MR) is 91.3 cm³/mol. The third-order valence-corrected chi connectivity index (χ3v) is 5.22. The normalized spacial score (nSPS) is 20.6. The number of benzene rings is 1. The average molecular weight is 329 g/mol. The van der Waals surface area contributed by atoms with Crippen LogP contribution < -0.4 is 0 Å². The molecule has 2 heterocycles. The molecule has 0 saturated carbocycles. The Bertz CT molecular complexity index is 735. The van der Waals surface area contributed by atoms with Crippen molar-refractivity contribution in [2.24, 2.45) is 0 Å². The van der Waals surface area contributed by atoms with Crippen LogP contribution in [0.2, 0.25) is 0 Å². The summed E-state index contributed by atoms with van der Waals surface area (Å²) in [5.74, 6) is -0.0560. The molecule has 1 aromatic carbocycles. The van der Waals surface area contributed by atoms with E-state index < -0.39 is 0 Å². The fourth-order valence-corrected chi connectivity index (χ4v) is 3.61. The number of hydrogen-bond donors (Lipinski definition) is 1. The average Bonchev–Trinajstić information content (AvgIpc) is 3.10. The minimum atomic E-state index is -0.218. The number of nitrogens with zero attached hydrogens (tertiary/aromatic N) is 2. The van der Waals surface area contributed by atoms with Gasteiger partial charge in [-0.05, 0) is 49.9 Å². The van der Waals surface area contributed by atoms with Crippen molar-refractivity contribution in [3.63, 3.8) is 0 Å². The van der Waals surface area contributed by atoms with E-state index in [1.54, 1.807) is 12.1 Å². The van der Waals surface area contributed by atoms with Crippen molar-refractivity contribution < 1.29 is 9.18 Å². The topological polar surface area (TPSA) is 49.0 Å². The Labute approximate surface area is 142 Å². The van der Waals surface area contributed by atoms with Crippen molar-refractivity contribution in [1.29, 1.82) is 0 Å². The summed E-state index contributed by atoms with van der Waals surface area (Å²) in [5.41, 5.74) is 3.94. The summed E-state index contributed by atoms with van der Waals surface area (Å²) in [6.45, 7) is 7.43. The summed E-state index contributed by atoms with van der Waals surface area (Å²) < 4.78 is 13.5. The predicted octanol–water partition coefficient (Wildman–Crippen LogP) is 3.29. The molecule has 1 saturated heterocycles. The zero-order chi connectivity index (χ0) is 17.3. The number of nitrogens with one attached hydrogen (secondary N) is 1. The van der Waals surface area contributed by atoms with Crippen LogP contribution >= 0.6 is 0 Å². The Balaban J connectivity index is 1.64. The summed E-state index contributed by atoms with van der Waals surface area (Å²) in [5, 5.41) is 7.14. The molecule has 1 aliphatic rings. The molecule has 0 aliphatic carbocycles. The van der Waals surface area contributed by atoms with Crippen LogP contribution in [0.15, 0.2) is 24.3 Å². The van der Waals surface area contributed by atoms with Gasteiger partial charge < -0.3 is 4.90 Å². The Morgan fingerprint density at radius 1 is 1.42 bits per heavy atom. The smallest absolute Gasteiger partial charge is 0.222 e. The number of halogens is 1. The van der Waals surface area contributed by atoms with E-state index in [1.165, 1.54) is 6.07 Å². The van der Waals surface area contributed by atoms with Crippen molar-refractivity contribution in [2.45, 2.75) is 45.4 Å². The highest BCUT2D eigenvalue weighted by molar-refractivity contribution is 5.77. The van der Waals surface area contributed by atoms with Crippen LogP contribution in [0.1, 0.15) is 42.3 Å². The molecule has 1 aromatic heterocycles. The largest absolute Gasteiger partial charge is 0.342 e. The lowest BCUT2D eigenvalue weighted by Gasteiger charge is -2.25.